The number of nitrogens with zero attached hydrogens (tertiary/aromatic N) is 5. The number of benzene rings is 2. The summed E-state index contributed by atoms with van der Waals surface area (Å²) < 4.78 is 42.4. The number of primary amides is 1. The Morgan fingerprint density at radius 2 is 2.10 bits per heavy atom. The lowest BCUT2D eigenvalue weighted by Crippen LogP contribution is -2.44. The second kappa shape index (κ2) is 13.2. The number of piperidine rings is 1. The van der Waals surface area contributed by atoms with Crippen LogP contribution in [0.4, 0.5) is 20.2 Å². The number of hydrogen-bond acceptors (Lipinski definition) is 9. The molecule has 0 unspecified atom stereocenters. The first-order valence-electron chi connectivity index (χ1n) is 13.9. The fourth-order valence-corrected chi connectivity index (χ4v) is 5.45. The van der Waals surface area contributed by atoms with Crippen LogP contribution in [0.5, 0.6) is 11.5 Å². The van der Waals surface area contributed by atoms with Gasteiger partial charge in [0.15, 0.2) is 23.1 Å². The number of halogens is 2. The summed E-state index contributed by atoms with van der Waals surface area (Å²) in [5.41, 5.74) is 5.79. The van der Waals surface area contributed by atoms with Crippen molar-refractivity contribution in [1.82, 2.24) is 14.7 Å². The first-order chi connectivity index (χ1) is 20.4. The van der Waals surface area contributed by atoms with Crippen LogP contribution in [0.1, 0.15) is 25.7 Å². The van der Waals surface area contributed by atoms with Gasteiger partial charge in [-0.3, -0.25) is 19.4 Å². The van der Waals surface area contributed by atoms with E-state index in [2.05, 4.69) is 20.3 Å². The summed E-state index contributed by atoms with van der Waals surface area (Å²) in [4.78, 5) is 19.9. The van der Waals surface area contributed by atoms with Gasteiger partial charge in [0.05, 0.1) is 30.0 Å². The molecular formula is C29H35F2N7O4. The van der Waals surface area contributed by atoms with Crippen molar-refractivity contribution in [2.24, 2.45) is 10.7 Å². The number of nitrogens with two attached hydrogens (primary N) is 1. The first-order valence-corrected chi connectivity index (χ1v) is 13.9. The number of anilines is 2. The maximum absolute atomic E-state index is 15.0. The van der Waals surface area contributed by atoms with Gasteiger partial charge in [-0.2, -0.15) is 5.10 Å². The lowest BCUT2D eigenvalue weighted by atomic mass is 10.00. The molecule has 1 amide bonds. The number of nitrogens with one attached hydrogen (secondary N) is 1. The van der Waals surface area contributed by atoms with Gasteiger partial charge < -0.3 is 30.5 Å². The predicted octanol–water partition coefficient (Wildman–Crippen LogP) is 1.55. The second-order valence-corrected chi connectivity index (χ2v) is 10.2. The zero-order chi connectivity index (χ0) is 29.6. The molecule has 0 saturated carbocycles. The Kier molecular flexibility index (Phi) is 9.18. The number of aliphatic hydroxyl groups excluding tert-OH is 1. The third kappa shape index (κ3) is 6.47. The normalized spacial score (nSPS) is 17.0. The number of aromatic nitrogens is 2. The third-order valence-corrected chi connectivity index (χ3v) is 7.47. The average molecular weight is 584 g/mol. The van der Waals surface area contributed by atoms with Crippen LogP contribution >= 0.6 is 0 Å². The van der Waals surface area contributed by atoms with Crippen molar-refractivity contribution >= 4 is 23.1 Å². The summed E-state index contributed by atoms with van der Waals surface area (Å²) in [7, 11) is 1.53. The Hall–Kier alpha value is -4.23. The number of carbonyl (C=O) groups is 1. The van der Waals surface area contributed by atoms with Crippen molar-refractivity contribution in [1.29, 1.82) is 0 Å². The minimum atomic E-state index is -1.01. The van der Waals surface area contributed by atoms with Crippen molar-refractivity contribution in [2.45, 2.75) is 38.3 Å². The number of carbonyl (C=O) groups excluding carboxylic acids is 1. The van der Waals surface area contributed by atoms with Gasteiger partial charge in [0.2, 0.25) is 5.91 Å². The topological polar surface area (TPSA) is 130 Å². The molecule has 3 aromatic rings. The fraction of sp³-hybridized carbons (Fsp3) is 0.414. The smallest absolute Gasteiger partial charge is 0.239 e. The van der Waals surface area contributed by atoms with E-state index in [1.165, 1.54) is 35.0 Å². The van der Waals surface area contributed by atoms with Gasteiger partial charge in [-0.15, -0.1) is 0 Å². The van der Waals surface area contributed by atoms with Gasteiger partial charge in [-0.25, -0.2) is 8.78 Å². The molecule has 13 heteroatoms. The summed E-state index contributed by atoms with van der Waals surface area (Å²) in [6.07, 6.45) is 7.19. The average Bonchev–Trinajstić information content (AvgIpc) is 3.41. The molecule has 11 nitrogen and oxygen atoms in total. The Balaban J connectivity index is 1.48. The van der Waals surface area contributed by atoms with E-state index in [0.717, 1.165) is 38.3 Å². The molecular weight excluding hydrogens is 548 g/mol. The number of likely N-dealkylation sites (tertiary alicyclic amines) is 1. The molecule has 1 aromatic heterocycles. The summed E-state index contributed by atoms with van der Waals surface area (Å²) in [6.45, 7) is 2.15. The van der Waals surface area contributed by atoms with Gasteiger partial charge in [-0.1, -0.05) is 12.5 Å². The van der Waals surface area contributed by atoms with Gasteiger partial charge in [0, 0.05) is 36.7 Å². The minimum Gasteiger partial charge on any atom is -0.493 e. The summed E-state index contributed by atoms with van der Waals surface area (Å²) in [5, 5.41) is 17.9. The fourth-order valence-electron chi connectivity index (χ4n) is 5.45. The van der Waals surface area contributed by atoms with Gasteiger partial charge in [0.25, 0.3) is 0 Å². The number of amides is 1. The van der Waals surface area contributed by atoms with Gasteiger partial charge >= 0.3 is 0 Å². The molecule has 1 fully saturated rings. The minimum absolute atomic E-state index is 0.00492. The lowest BCUT2D eigenvalue weighted by molar-refractivity contribution is -0.118. The number of hydrogen-bond donors (Lipinski definition) is 3. The van der Waals surface area contributed by atoms with Gasteiger partial charge in [0.1, 0.15) is 25.6 Å². The maximum Gasteiger partial charge on any atom is 0.239 e. The highest BCUT2D eigenvalue weighted by Crippen LogP contribution is 2.29. The predicted molar refractivity (Wildman–Crippen MR) is 152 cm³/mol. The van der Waals surface area contributed by atoms with Crippen LogP contribution in [0.2, 0.25) is 0 Å². The Morgan fingerprint density at radius 3 is 2.88 bits per heavy atom. The summed E-state index contributed by atoms with van der Waals surface area (Å²) >= 11 is 0. The van der Waals surface area contributed by atoms with E-state index in [1.54, 1.807) is 18.3 Å². The number of rotatable bonds is 12. The molecule has 1 atom stereocenters. The van der Waals surface area contributed by atoms with Crippen molar-refractivity contribution < 1.29 is 28.2 Å². The largest absolute Gasteiger partial charge is 0.493 e. The van der Waals surface area contributed by atoms with Crippen molar-refractivity contribution in [3.05, 3.63) is 64.9 Å². The second-order valence-electron chi connectivity index (χ2n) is 10.2. The molecule has 3 heterocycles. The lowest BCUT2D eigenvalue weighted by Gasteiger charge is -2.35. The summed E-state index contributed by atoms with van der Waals surface area (Å²) in [5.74, 6) is -1.18. The molecule has 2 aliphatic rings. The highest BCUT2D eigenvalue weighted by Gasteiger charge is 2.24. The molecule has 5 rings (SSSR count). The quantitative estimate of drug-likeness (QED) is 0.293. The monoisotopic (exact) mass is 583 g/mol. The molecule has 4 N–H and O–H groups in total. The molecule has 0 radical (unpaired) electrons. The zero-order valence-corrected chi connectivity index (χ0v) is 23.4. The van der Waals surface area contributed by atoms with E-state index in [0.29, 0.717) is 52.8 Å². The van der Waals surface area contributed by atoms with Crippen molar-refractivity contribution in [3.8, 4) is 11.5 Å². The molecule has 224 valence electrons. The van der Waals surface area contributed by atoms with Crippen LogP contribution in [-0.2, 0) is 11.3 Å². The van der Waals surface area contributed by atoms with E-state index in [-0.39, 0.29) is 25.5 Å². The molecule has 0 aliphatic carbocycles. The molecule has 2 aliphatic heterocycles. The Bertz CT molecular complexity index is 1550. The Labute approximate surface area is 241 Å². The van der Waals surface area contributed by atoms with Crippen molar-refractivity contribution in [2.75, 3.05) is 50.3 Å². The van der Waals surface area contributed by atoms with E-state index in [1.807, 2.05) is 0 Å². The Morgan fingerprint density at radius 1 is 1.24 bits per heavy atom. The molecule has 42 heavy (non-hydrogen) atoms. The van der Waals surface area contributed by atoms with Crippen LogP contribution in [-0.4, -0.2) is 71.8 Å². The van der Waals surface area contributed by atoms with E-state index in [4.69, 9.17) is 15.2 Å². The van der Waals surface area contributed by atoms with Gasteiger partial charge in [-0.05, 0) is 44.0 Å². The maximum atomic E-state index is 15.0. The molecule has 0 spiro atoms. The van der Waals surface area contributed by atoms with Crippen LogP contribution < -0.4 is 36.0 Å². The molecule has 2 aromatic carbocycles. The van der Waals surface area contributed by atoms with Crippen LogP contribution in [0.15, 0.2) is 47.7 Å². The SMILES string of the molecule is COc1cc2c(cc1OCCN1CCCC[C@H]1CCO)=NCN(c1cccc(F)c1F)C=2Nc1cnn(CC(N)=O)c1. The number of fused-ring (bicyclic) bond motifs is 1. The number of ether oxygens (including phenoxy) is 2. The first kappa shape index (κ1) is 29.3. The van der Waals surface area contributed by atoms with Crippen molar-refractivity contribution in [3.63, 3.8) is 0 Å². The standard InChI is InChI=1S/C29H35F2N7O4/c1-41-25-13-21-23(14-26(25)42-12-10-36-9-3-2-5-20(36)8-11-39)33-18-38(24-7-4-6-22(30)28(24)31)29(21)35-19-15-34-37(16-19)17-27(32)40/h4,6-7,13-16,20,35,39H,2-3,5,8-12,17-18H2,1H3,(H2,32,40)/t20-/m0/s1. The summed E-state index contributed by atoms with van der Waals surface area (Å²) in [6, 6.07) is 7.80. The van der Waals surface area contributed by atoms with E-state index >= 15 is 0 Å². The third-order valence-electron chi connectivity index (χ3n) is 7.47. The highest BCUT2D eigenvalue weighted by atomic mass is 19.2. The van der Waals surface area contributed by atoms with Crippen LogP contribution in [0, 0.1) is 11.6 Å². The number of methoxy groups -OCH3 is 1. The highest BCUT2D eigenvalue weighted by molar-refractivity contribution is 5.78. The van der Waals surface area contributed by atoms with Crippen LogP contribution in [0.3, 0.4) is 0 Å². The number of aliphatic hydroxyl groups is 1. The van der Waals surface area contributed by atoms with E-state index in [9.17, 15) is 18.7 Å². The molecule has 0 bridgehead atoms. The van der Waals surface area contributed by atoms with Crippen LogP contribution in [0.25, 0.3) is 5.82 Å². The van der Waals surface area contributed by atoms with E-state index < -0.39 is 17.5 Å². The molecule has 1 saturated heterocycles. The zero-order valence-electron chi connectivity index (χ0n) is 23.4.